The van der Waals surface area contributed by atoms with Gasteiger partial charge in [0, 0.05) is 0 Å². The Bertz CT molecular complexity index is 224. The van der Waals surface area contributed by atoms with Crippen molar-refractivity contribution in [1.82, 2.24) is 0 Å². The molecule has 0 saturated carbocycles. The summed E-state index contributed by atoms with van der Waals surface area (Å²) in [4.78, 5) is 0. The SMILES string of the molecule is CC1(C)O[C@H]2O[C@H](CCS)[C@H](F)[C@H]2O1. The lowest BCUT2D eigenvalue weighted by molar-refractivity contribution is -0.210. The van der Waals surface area contributed by atoms with Gasteiger partial charge in [-0.3, -0.25) is 0 Å². The van der Waals surface area contributed by atoms with E-state index in [1.165, 1.54) is 0 Å². The third-order valence-corrected chi connectivity index (χ3v) is 2.74. The highest BCUT2D eigenvalue weighted by atomic mass is 32.1. The van der Waals surface area contributed by atoms with Crippen LogP contribution in [0.3, 0.4) is 0 Å². The first-order valence-electron chi connectivity index (χ1n) is 4.79. The molecule has 2 heterocycles. The van der Waals surface area contributed by atoms with Crippen molar-refractivity contribution < 1.29 is 18.6 Å². The highest BCUT2D eigenvalue weighted by Gasteiger charge is 2.54. The number of alkyl halides is 1. The topological polar surface area (TPSA) is 27.7 Å². The minimum Gasteiger partial charge on any atom is -0.343 e. The molecule has 0 bridgehead atoms. The molecule has 0 N–H and O–H groups in total. The molecule has 0 spiro atoms. The first-order chi connectivity index (χ1) is 6.53. The molecule has 2 fully saturated rings. The van der Waals surface area contributed by atoms with Crippen LogP contribution in [-0.4, -0.2) is 36.2 Å². The van der Waals surface area contributed by atoms with Gasteiger partial charge in [-0.25, -0.2) is 4.39 Å². The lowest BCUT2D eigenvalue weighted by Gasteiger charge is -2.21. The Hall–Kier alpha value is 0.160. The molecule has 0 aromatic carbocycles. The molecule has 0 amide bonds. The van der Waals surface area contributed by atoms with E-state index in [1.807, 2.05) is 0 Å². The fourth-order valence-corrected chi connectivity index (χ4v) is 2.15. The predicted molar refractivity (Wildman–Crippen MR) is 52.1 cm³/mol. The lowest BCUT2D eigenvalue weighted by Crippen LogP contribution is -2.31. The Morgan fingerprint density at radius 1 is 1.36 bits per heavy atom. The molecular formula is C9H15FO3S. The monoisotopic (exact) mass is 222 g/mol. The van der Waals surface area contributed by atoms with E-state index in [0.717, 1.165) is 0 Å². The second-order valence-corrected chi connectivity index (χ2v) is 4.55. The number of hydrogen-bond donors (Lipinski definition) is 1. The summed E-state index contributed by atoms with van der Waals surface area (Å²) in [5, 5.41) is 0. The van der Waals surface area contributed by atoms with Gasteiger partial charge in [0.25, 0.3) is 0 Å². The standard InChI is InChI=1S/C9H15FO3S/c1-9(2)12-7-6(10)5(3-4-14)11-8(7)13-9/h5-8,14H,3-4H2,1-2H3/t5-,6+,7-,8-/m1/s1. The Labute approximate surface area is 88.3 Å². The van der Waals surface area contributed by atoms with Gasteiger partial charge in [-0.1, -0.05) is 0 Å². The van der Waals surface area contributed by atoms with Gasteiger partial charge in [-0.05, 0) is 26.0 Å². The van der Waals surface area contributed by atoms with Gasteiger partial charge in [0.2, 0.25) is 0 Å². The Balaban J connectivity index is 2.00. The first kappa shape index (κ1) is 10.7. The summed E-state index contributed by atoms with van der Waals surface area (Å²) in [6.45, 7) is 3.52. The zero-order valence-electron chi connectivity index (χ0n) is 8.27. The molecule has 2 rings (SSSR count). The van der Waals surface area contributed by atoms with E-state index >= 15 is 0 Å². The second kappa shape index (κ2) is 3.63. The van der Waals surface area contributed by atoms with Crippen LogP contribution < -0.4 is 0 Å². The van der Waals surface area contributed by atoms with E-state index < -0.39 is 30.5 Å². The van der Waals surface area contributed by atoms with Gasteiger partial charge in [-0.2, -0.15) is 12.6 Å². The van der Waals surface area contributed by atoms with E-state index in [1.54, 1.807) is 13.8 Å². The van der Waals surface area contributed by atoms with Gasteiger partial charge in [-0.15, -0.1) is 0 Å². The highest BCUT2D eigenvalue weighted by molar-refractivity contribution is 7.80. The Morgan fingerprint density at radius 2 is 2.07 bits per heavy atom. The van der Waals surface area contributed by atoms with Crippen molar-refractivity contribution in [2.24, 2.45) is 0 Å². The molecule has 2 aliphatic heterocycles. The van der Waals surface area contributed by atoms with Crippen molar-refractivity contribution in [1.29, 1.82) is 0 Å². The lowest BCUT2D eigenvalue weighted by atomic mass is 10.1. The summed E-state index contributed by atoms with van der Waals surface area (Å²) in [7, 11) is 0. The zero-order chi connectivity index (χ0) is 10.3. The molecule has 0 radical (unpaired) electrons. The highest BCUT2D eigenvalue weighted by Crippen LogP contribution is 2.39. The van der Waals surface area contributed by atoms with Crippen LogP contribution in [0.1, 0.15) is 20.3 Å². The molecule has 2 aliphatic rings. The van der Waals surface area contributed by atoms with Gasteiger partial charge in [0.05, 0.1) is 6.10 Å². The predicted octanol–water partition coefficient (Wildman–Crippen LogP) is 1.52. The van der Waals surface area contributed by atoms with Crippen molar-refractivity contribution in [2.75, 3.05) is 5.75 Å². The summed E-state index contributed by atoms with van der Waals surface area (Å²) < 4.78 is 29.9. The third-order valence-electron chi connectivity index (χ3n) is 2.48. The van der Waals surface area contributed by atoms with E-state index in [0.29, 0.717) is 12.2 Å². The van der Waals surface area contributed by atoms with Crippen LogP contribution in [0.25, 0.3) is 0 Å². The minimum atomic E-state index is -1.10. The van der Waals surface area contributed by atoms with Crippen LogP contribution in [0.4, 0.5) is 4.39 Å². The van der Waals surface area contributed by atoms with Crippen LogP contribution in [0.5, 0.6) is 0 Å². The average Bonchev–Trinajstić information content (AvgIpc) is 2.50. The Morgan fingerprint density at radius 3 is 2.64 bits per heavy atom. The van der Waals surface area contributed by atoms with E-state index in [9.17, 15) is 4.39 Å². The van der Waals surface area contributed by atoms with E-state index in [2.05, 4.69) is 12.6 Å². The molecule has 82 valence electrons. The first-order valence-corrected chi connectivity index (χ1v) is 5.43. The number of ether oxygens (including phenoxy) is 3. The van der Waals surface area contributed by atoms with Gasteiger partial charge in [0.1, 0.15) is 6.10 Å². The fraction of sp³-hybridized carbons (Fsp3) is 1.00. The van der Waals surface area contributed by atoms with Gasteiger partial charge in [0.15, 0.2) is 18.2 Å². The zero-order valence-corrected chi connectivity index (χ0v) is 9.17. The normalized spacial score (nSPS) is 45.4. The van der Waals surface area contributed by atoms with E-state index in [-0.39, 0.29) is 0 Å². The molecular weight excluding hydrogens is 207 g/mol. The maximum atomic E-state index is 13.7. The van der Waals surface area contributed by atoms with E-state index in [4.69, 9.17) is 14.2 Å². The summed E-state index contributed by atoms with van der Waals surface area (Å²) in [6, 6.07) is 0. The molecule has 0 aromatic heterocycles. The third kappa shape index (κ3) is 1.78. The number of fused-ring (bicyclic) bond motifs is 1. The Kier molecular flexibility index (Phi) is 2.76. The van der Waals surface area contributed by atoms with Crippen molar-refractivity contribution in [3.05, 3.63) is 0 Å². The largest absolute Gasteiger partial charge is 0.343 e. The molecule has 14 heavy (non-hydrogen) atoms. The average molecular weight is 222 g/mol. The number of halogens is 1. The van der Waals surface area contributed by atoms with Crippen LogP contribution in [0, 0.1) is 0 Å². The summed E-state index contributed by atoms with van der Waals surface area (Å²) >= 11 is 4.05. The second-order valence-electron chi connectivity index (χ2n) is 4.10. The minimum absolute atomic E-state index is 0.432. The van der Waals surface area contributed by atoms with Crippen molar-refractivity contribution in [3.63, 3.8) is 0 Å². The van der Waals surface area contributed by atoms with Crippen LogP contribution in [0.2, 0.25) is 0 Å². The van der Waals surface area contributed by atoms with Gasteiger partial charge < -0.3 is 14.2 Å². The smallest absolute Gasteiger partial charge is 0.190 e. The molecule has 5 heteroatoms. The maximum Gasteiger partial charge on any atom is 0.190 e. The number of thiol groups is 1. The van der Waals surface area contributed by atoms with Crippen molar-refractivity contribution in [3.8, 4) is 0 Å². The maximum absolute atomic E-state index is 13.7. The summed E-state index contributed by atoms with van der Waals surface area (Å²) in [6.07, 6.45) is -2.07. The molecule has 0 unspecified atom stereocenters. The van der Waals surface area contributed by atoms with Crippen LogP contribution in [-0.2, 0) is 14.2 Å². The quantitative estimate of drug-likeness (QED) is 0.718. The van der Waals surface area contributed by atoms with Gasteiger partial charge >= 0.3 is 0 Å². The summed E-state index contributed by atoms with van der Waals surface area (Å²) in [5.41, 5.74) is 0. The molecule has 4 atom stereocenters. The van der Waals surface area contributed by atoms with Crippen LogP contribution in [0.15, 0.2) is 0 Å². The number of rotatable bonds is 2. The molecule has 3 nitrogen and oxygen atoms in total. The molecule has 2 saturated heterocycles. The summed E-state index contributed by atoms with van der Waals surface area (Å²) in [5.74, 6) is -0.125. The van der Waals surface area contributed by atoms with Crippen molar-refractivity contribution in [2.45, 2.75) is 50.7 Å². The van der Waals surface area contributed by atoms with Crippen molar-refractivity contribution >= 4 is 12.6 Å². The number of hydrogen-bond acceptors (Lipinski definition) is 4. The molecule has 0 aromatic rings. The fourth-order valence-electron chi connectivity index (χ4n) is 1.89. The molecule has 0 aliphatic carbocycles. The van der Waals surface area contributed by atoms with Crippen LogP contribution >= 0.6 is 12.6 Å².